The van der Waals surface area contributed by atoms with Gasteiger partial charge in [0, 0.05) is 35.8 Å². The molecule has 0 unspecified atom stereocenters. The van der Waals surface area contributed by atoms with Crippen molar-refractivity contribution in [2.24, 2.45) is 0 Å². The van der Waals surface area contributed by atoms with E-state index < -0.39 is 16.6 Å². The molecule has 25 heavy (non-hydrogen) atoms. The highest BCUT2D eigenvalue weighted by atomic mass is 32.2. The van der Waals surface area contributed by atoms with Gasteiger partial charge in [-0.15, -0.1) is 0 Å². The maximum atomic E-state index is 12.5. The molecule has 0 aliphatic carbocycles. The van der Waals surface area contributed by atoms with E-state index in [9.17, 15) is 23.7 Å². The summed E-state index contributed by atoms with van der Waals surface area (Å²) in [5, 5.41) is 16.2. The Morgan fingerprint density at radius 2 is 1.80 bits per heavy atom. The number of thioether (sulfide) groups is 1. The molecule has 2 rings (SSSR count). The van der Waals surface area contributed by atoms with E-state index in [4.69, 9.17) is 0 Å². The van der Waals surface area contributed by atoms with Crippen LogP contribution in [0.4, 0.5) is 20.2 Å². The molecule has 0 aliphatic heterocycles. The topological polar surface area (TPSA) is 84.3 Å². The van der Waals surface area contributed by atoms with Crippen molar-refractivity contribution in [3.63, 3.8) is 0 Å². The van der Waals surface area contributed by atoms with Crippen molar-refractivity contribution in [2.45, 2.75) is 10.7 Å². The maximum absolute atomic E-state index is 12.5. The summed E-state index contributed by atoms with van der Waals surface area (Å²) < 4.78 is 25.0. The van der Waals surface area contributed by atoms with E-state index in [0.717, 1.165) is 0 Å². The lowest BCUT2D eigenvalue weighted by atomic mass is 10.2. The number of non-ortho nitro benzene ring substituents is 1. The molecule has 0 aromatic heterocycles. The Morgan fingerprint density at radius 1 is 1.12 bits per heavy atom. The minimum atomic E-state index is -2.60. The van der Waals surface area contributed by atoms with Crippen LogP contribution in [0.15, 0.2) is 53.4 Å². The lowest BCUT2D eigenvalue weighted by Gasteiger charge is -2.10. The number of nitro benzene ring substituents is 1. The van der Waals surface area contributed by atoms with Crippen molar-refractivity contribution >= 4 is 29.0 Å². The van der Waals surface area contributed by atoms with Crippen molar-refractivity contribution in [3.8, 4) is 0 Å². The molecule has 2 N–H and O–H groups in total. The molecule has 0 spiro atoms. The molecule has 0 heterocycles. The van der Waals surface area contributed by atoms with Gasteiger partial charge < -0.3 is 10.6 Å². The average Bonchev–Trinajstić information content (AvgIpc) is 2.59. The van der Waals surface area contributed by atoms with Gasteiger partial charge in [-0.05, 0) is 24.3 Å². The van der Waals surface area contributed by atoms with Crippen molar-refractivity contribution in [2.75, 3.05) is 18.4 Å². The van der Waals surface area contributed by atoms with Crippen molar-refractivity contribution in [3.05, 3.63) is 64.2 Å². The number of amides is 1. The summed E-state index contributed by atoms with van der Waals surface area (Å²) in [4.78, 5) is 22.4. The number of alkyl halides is 2. The Labute approximate surface area is 146 Å². The third kappa shape index (κ3) is 5.71. The first-order valence-electron chi connectivity index (χ1n) is 7.27. The highest BCUT2D eigenvalue weighted by molar-refractivity contribution is 7.99. The number of carbonyl (C=O) groups excluding carboxylic acids is 1. The van der Waals surface area contributed by atoms with E-state index in [-0.39, 0.29) is 22.7 Å². The molecular weight excluding hydrogens is 352 g/mol. The van der Waals surface area contributed by atoms with Crippen LogP contribution in [-0.4, -0.2) is 29.7 Å². The van der Waals surface area contributed by atoms with Gasteiger partial charge in [-0.1, -0.05) is 23.9 Å². The number of halogens is 2. The fourth-order valence-electron chi connectivity index (χ4n) is 2.03. The number of rotatable bonds is 8. The van der Waals surface area contributed by atoms with Gasteiger partial charge in [0.15, 0.2) is 0 Å². The zero-order valence-electron chi connectivity index (χ0n) is 12.9. The minimum Gasteiger partial charge on any atom is -0.383 e. The lowest BCUT2D eigenvalue weighted by molar-refractivity contribution is -0.384. The van der Waals surface area contributed by atoms with Crippen LogP contribution in [0.1, 0.15) is 10.4 Å². The highest BCUT2D eigenvalue weighted by Crippen LogP contribution is 2.28. The first kappa shape index (κ1) is 18.7. The molecule has 0 radical (unpaired) electrons. The average molecular weight is 367 g/mol. The molecule has 9 heteroatoms. The van der Waals surface area contributed by atoms with Crippen molar-refractivity contribution in [1.29, 1.82) is 0 Å². The monoisotopic (exact) mass is 367 g/mol. The van der Waals surface area contributed by atoms with Crippen LogP contribution in [0.3, 0.4) is 0 Å². The Morgan fingerprint density at radius 3 is 2.44 bits per heavy atom. The van der Waals surface area contributed by atoms with Crippen molar-refractivity contribution in [1.82, 2.24) is 5.32 Å². The number of nitro groups is 1. The quantitative estimate of drug-likeness (QED) is 0.321. The largest absolute Gasteiger partial charge is 0.383 e. The molecule has 2 aromatic carbocycles. The van der Waals surface area contributed by atoms with Gasteiger partial charge in [0.2, 0.25) is 0 Å². The van der Waals surface area contributed by atoms with Crippen LogP contribution < -0.4 is 10.6 Å². The van der Waals surface area contributed by atoms with Gasteiger partial charge in [-0.2, -0.15) is 8.78 Å². The highest BCUT2D eigenvalue weighted by Gasteiger charge is 2.14. The maximum Gasteiger partial charge on any atom is 0.288 e. The summed E-state index contributed by atoms with van der Waals surface area (Å²) in [6.45, 7) is 0.650. The standard InChI is InChI=1S/C16H15F2N3O3S/c17-16(18)25-14-4-2-1-3-13(14)15(22)20-10-9-19-11-5-7-12(8-6-11)21(23)24/h1-8,16,19H,9-10H2,(H,20,22). The summed E-state index contributed by atoms with van der Waals surface area (Å²) in [5.74, 6) is -3.04. The number of hydrogen-bond acceptors (Lipinski definition) is 5. The van der Waals surface area contributed by atoms with Gasteiger partial charge in [0.05, 0.1) is 10.5 Å². The normalized spacial score (nSPS) is 10.5. The Bertz CT molecular complexity index is 742. The minimum absolute atomic E-state index is 0.00742. The summed E-state index contributed by atoms with van der Waals surface area (Å²) in [6.07, 6.45) is 0. The van der Waals surface area contributed by atoms with Crippen LogP contribution in [0.25, 0.3) is 0 Å². The predicted molar refractivity (Wildman–Crippen MR) is 92.2 cm³/mol. The molecular formula is C16H15F2N3O3S. The van der Waals surface area contributed by atoms with Crippen LogP contribution in [-0.2, 0) is 0 Å². The predicted octanol–water partition coefficient (Wildman–Crippen LogP) is 3.75. The lowest BCUT2D eigenvalue weighted by Crippen LogP contribution is -2.29. The third-order valence-electron chi connectivity index (χ3n) is 3.17. The van der Waals surface area contributed by atoms with Gasteiger partial charge >= 0.3 is 0 Å². The third-order valence-corrected chi connectivity index (χ3v) is 3.95. The Kier molecular flexibility index (Phi) is 6.70. The first-order valence-corrected chi connectivity index (χ1v) is 8.15. The molecule has 0 atom stereocenters. The molecule has 0 saturated carbocycles. The van der Waals surface area contributed by atoms with E-state index in [0.29, 0.717) is 24.0 Å². The van der Waals surface area contributed by atoms with E-state index >= 15 is 0 Å². The second-order valence-corrected chi connectivity index (χ2v) is 5.89. The number of anilines is 1. The molecule has 2 aromatic rings. The zero-order chi connectivity index (χ0) is 18.2. The zero-order valence-corrected chi connectivity index (χ0v) is 13.8. The number of nitrogens with one attached hydrogen (secondary N) is 2. The van der Waals surface area contributed by atoms with E-state index in [1.165, 1.54) is 24.3 Å². The second kappa shape index (κ2) is 8.97. The molecule has 0 aliphatic rings. The number of benzene rings is 2. The molecule has 0 fully saturated rings. The second-order valence-electron chi connectivity index (χ2n) is 4.86. The van der Waals surface area contributed by atoms with E-state index in [2.05, 4.69) is 10.6 Å². The summed E-state index contributed by atoms with van der Waals surface area (Å²) >= 11 is 0.328. The summed E-state index contributed by atoms with van der Waals surface area (Å²) in [7, 11) is 0. The van der Waals surface area contributed by atoms with Gasteiger partial charge in [-0.3, -0.25) is 14.9 Å². The van der Waals surface area contributed by atoms with Crippen LogP contribution in [0.2, 0.25) is 0 Å². The SMILES string of the molecule is O=C(NCCNc1ccc([N+](=O)[O-])cc1)c1ccccc1SC(F)F. The number of carbonyl (C=O) groups is 1. The Balaban J connectivity index is 1.83. The van der Waals surface area contributed by atoms with Crippen LogP contribution in [0.5, 0.6) is 0 Å². The van der Waals surface area contributed by atoms with Gasteiger partial charge in [0.1, 0.15) is 0 Å². The smallest absolute Gasteiger partial charge is 0.288 e. The number of hydrogen-bond donors (Lipinski definition) is 2. The van der Waals surface area contributed by atoms with E-state index in [1.807, 2.05) is 0 Å². The van der Waals surface area contributed by atoms with E-state index in [1.54, 1.807) is 24.3 Å². The Hall–Kier alpha value is -2.68. The summed E-state index contributed by atoms with van der Waals surface area (Å²) in [6, 6.07) is 12.0. The number of nitrogens with zero attached hydrogens (tertiary/aromatic N) is 1. The van der Waals surface area contributed by atoms with Gasteiger partial charge in [-0.25, -0.2) is 0 Å². The molecule has 132 valence electrons. The molecule has 1 amide bonds. The first-order chi connectivity index (χ1) is 12.0. The van der Waals surface area contributed by atoms with Gasteiger partial charge in [0.25, 0.3) is 17.4 Å². The van der Waals surface area contributed by atoms with Crippen LogP contribution in [0, 0.1) is 10.1 Å². The fraction of sp³-hybridized carbons (Fsp3) is 0.188. The molecule has 0 saturated heterocycles. The summed E-state index contributed by atoms with van der Waals surface area (Å²) in [5.41, 5.74) is 0.864. The fourth-order valence-corrected chi connectivity index (χ4v) is 2.67. The molecule has 6 nitrogen and oxygen atoms in total. The van der Waals surface area contributed by atoms with Crippen molar-refractivity contribution < 1.29 is 18.5 Å². The van der Waals surface area contributed by atoms with Crippen LogP contribution >= 0.6 is 11.8 Å². The molecule has 0 bridgehead atoms.